The highest BCUT2D eigenvalue weighted by atomic mass is 16.9. The second-order valence-corrected chi connectivity index (χ2v) is 5.66. The first-order valence-electron chi connectivity index (χ1n) is 7.36. The number of carbonyl (C=O) groups excluding carboxylic acids is 1. The van der Waals surface area contributed by atoms with E-state index in [1.807, 2.05) is 13.8 Å². The van der Waals surface area contributed by atoms with Gasteiger partial charge in [-0.3, -0.25) is 4.79 Å². The van der Waals surface area contributed by atoms with E-state index in [1.165, 1.54) is 0 Å². The second-order valence-electron chi connectivity index (χ2n) is 5.66. The normalized spacial score (nSPS) is 34.7. The first-order chi connectivity index (χ1) is 9.60. The molecule has 0 bridgehead atoms. The Morgan fingerprint density at radius 2 is 1.75 bits per heavy atom. The molecule has 3 fully saturated rings. The third kappa shape index (κ3) is 2.24. The maximum atomic E-state index is 12.4. The van der Waals surface area contributed by atoms with E-state index in [9.17, 15) is 4.79 Å². The topological polar surface area (TPSA) is 63.2 Å². The predicted octanol–water partition coefficient (Wildman–Crippen LogP) is 1.57. The minimum Gasteiger partial charge on any atom is -0.465 e. The zero-order valence-corrected chi connectivity index (χ0v) is 12.1. The molecule has 3 rings (SSSR count). The van der Waals surface area contributed by atoms with Crippen LogP contribution in [-0.2, 0) is 28.5 Å². The van der Waals surface area contributed by atoms with Gasteiger partial charge in [-0.15, -0.1) is 0 Å². The van der Waals surface area contributed by atoms with Crippen LogP contribution in [0.1, 0.15) is 39.5 Å². The molecule has 0 unspecified atom stereocenters. The smallest absolute Gasteiger partial charge is 0.317 e. The van der Waals surface area contributed by atoms with Gasteiger partial charge in [0, 0.05) is 12.8 Å². The summed E-state index contributed by atoms with van der Waals surface area (Å²) in [6.45, 7) is 5.24. The maximum absolute atomic E-state index is 12.4. The van der Waals surface area contributed by atoms with Gasteiger partial charge in [-0.05, 0) is 26.7 Å². The average molecular weight is 286 g/mol. The molecule has 2 saturated heterocycles. The van der Waals surface area contributed by atoms with Crippen molar-refractivity contribution < 1.29 is 28.5 Å². The molecule has 6 nitrogen and oxygen atoms in total. The van der Waals surface area contributed by atoms with E-state index in [1.54, 1.807) is 0 Å². The molecule has 20 heavy (non-hydrogen) atoms. The molecule has 2 aliphatic heterocycles. The van der Waals surface area contributed by atoms with Crippen LogP contribution in [0.3, 0.4) is 0 Å². The van der Waals surface area contributed by atoms with Crippen LogP contribution in [-0.4, -0.2) is 44.2 Å². The van der Waals surface area contributed by atoms with E-state index in [4.69, 9.17) is 23.7 Å². The molecule has 0 aromatic heterocycles. The van der Waals surface area contributed by atoms with Gasteiger partial charge in [-0.25, -0.2) is 0 Å². The molecule has 1 spiro atoms. The van der Waals surface area contributed by atoms with Gasteiger partial charge in [0.25, 0.3) is 0 Å². The first-order valence-corrected chi connectivity index (χ1v) is 7.36. The van der Waals surface area contributed by atoms with E-state index >= 15 is 0 Å². The van der Waals surface area contributed by atoms with Crippen molar-refractivity contribution in [1.82, 2.24) is 0 Å². The highest BCUT2D eigenvalue weighted by molar-refractivity contribution is 5.77. The average Bonchev–Trinajstić information content (AvgIpc) is 2.86. The minimum atomic E-state index is -0.719. The number of esters is 1. The van der Waals surface area contributed by atoms with Gasteiger partial charge in [-0.2, -0.15) is 0 Å². The summed E-state index contributed by atoms with van der Waals surface area (Å²) in [4.78, 5) is 12.4. The van der Waals surface area contributed by atoms with Crippen molar-refractivity contribution in [2.45, 2.75) is 57.9 Å². The number of carbonyl (C=O) groups is 1. The number of hydrogen-bond acceptors (Lipinski definition) is 6. The van der Waals surface area contributed by atoms with Gasteiger partial charge in [-0.1, -0.05) is 0 Å². The Bertz CT molecular complexity index is 360. The Labute approximate surface area is 118 Å². The predicted molar refractivity (Wildman–Crippen MR) is 67.6 cm³/mol. The summed E-state index contributed by atoms with van der Waals surface area (Å²) in [5, 5.41) is 0. The van der Waals surface area contributed by atoms with Crippen molar-refractivity contribution in [3.8, 4) is 0 Å². The van der Waals surface area contributed by atoms with Crippen molar-refractivity contribution in [2.24, 2.45) is 5.41 Å². The fraction of sp³-hybridized carbons (Fsp3) is 0.929. The third-order valence-electron chi connectivity index (χ3n) is 4.48. The van der Waals surface area contributed by atoms with Crippen molar-refractivity contribution in [1.29, 1.82) is 0 Å². The summed E-state index contributed by atoms with van der Waals surface area (Å²) >= 11 is 0. The van der Waals surface area contributed by atoms with E-state index in [0.29, 0.717) is 45.5 Å². The molecule has 0 aromatic rings. The highest BCUT2D eigenvalue weighted by Gasteiger charge is 2.58. The maximum Gasteiger partial charge on any atom is 0.317 e. The molecular weight excluding hydrogens is 264 g/mol. The Balaban J connectivity index is 1.73. The molecule has 1 aliphatic carbocycles. The van der Waals surface area contributed by atoms with Crippen LogP contribution in [0.4, 0.5) is 0 Å². The summed E-state index contributed by atoms with van der Waals surface area (Å²) in [5.74, 6) is -0.740. The lowest BCUT2D eigenvalue weighted by molar-refractivity contribution is -0.412. The van der Waals surface area contributed by atoms with Crippen molar-refractivity contribution in [3.63, 3.8) is 0 Å². The third-order valence-corrected chi connectivity index (χ3v) is 4.48. The molecule has 0 amide bonds. The van der Waals surface area contributed by atoms with Crippen molar-refractivity contribution in [2.75, 3.05) is 19.8 Å². The summed E-state index contributed by atoms with van der Waals surface area (Å²) in [6, 6.07) is 0. The molecule has 3 aliphatic rings. The minimum absolute atomic E-state index is 0.232. The van der Waals surface area contributed by atoms with E-state index < -0.39 is 17.5 Å². The summed E-state index contributed by atoms with van der Waals surface area (Å²) in [5.41, 5.74) is -0.719. The molecule has 0 radical (unpaired) electrons. The molecule has 1 saturated carbocycles. The number of rotatable bonds is 3. The Kier molecular flexibility index (Phi) is 3.75. The zero-order valence-electron chi connectivity index (χ0n) is 12.1. The first kappa shape index (κ1) is 14.3. The lowest BCUT2D eigenvalue weighted by Crippen LogP contribution is -2.58. The number of hydrogen-bond donors (Lipinski definition) is 0. The van der Waals surface area contributed by atoms with Crippen molar-refractivity contribution in [3.05, 3.63) is 0 Å². The SMILES string of the molecule is CCOC(=O)C1(C2OC(C)O2)CCC2(CC1)OCCO2. The zero-order chi connectivity index (χ0) is 14.2. The molecule has 0 N–H and O–H groups in total. The van der Waals surface area contributed by atoms with E-state index in [-0.39, 0.29) is 12.3 Å². The van der Waals surface area contributed by atoms with Gasteiger partial charge < -0.3 is 23.7 Å². The molecule has 2 heterocycles. The Hall–Kier alpha value is -0.690. The van der Waals surface area contributed by atoms with Crippen molar-refractivity contribution >= 4 is 5.97 Å². The largest absolute Gasteiger partial charge is 0.465 e. The molecule has 6 heteroatoms. The Morgan fingerprint density at radius 1 is 1.15 bits per heavy atom. The molecule has 114 valence electrons. The molecule has 0 aromatic carbocycles. The summed E-state index contributed by atoms with van der Waals surface area (Å²) < 4.78 is 27.9. The van der Waals surface area contributed by atoms with Crippen LogP contribution in [0.25, 0.3) is 0 Å². The van der Waals surface area contributed by atoms with Crippen LogP contribution < -0.4 is 0 Å². The fourth-order valence-corrected chi connectivity index (χ4v) is 3.29. The lowest BCUT2D eigenvalue weighted by Gasteiger charge is -2.49. The van der Waals surface area contributed by atoms with Crippen LogP contribution >= 0.6 is 0 Å². The van der Waals surface area contributed by atoms with Crippen LogP contribution in [0.2, 0.25) is 0 Å². The van der Waals surface area contributed by atoms with Crippen LogP contribution in [0.15, 0.2) is 0 Å². The van der Waals surface area contributed by atoms with E-state index in [2.05, 4.69) is 0 Å². The van der Waals surface area contributed by atoms with Crippen LogP contribution in [0, 0.1) is 5.41 Å². The summed E-state index contributed by atoms with van der Waals surface area (Å²) in [6.07, 6.45) is 1.79. The van der Waals surface area contributed by atoms with Gasteiger partial charge >= 0.3 is 5.97 Å². The van der Waals surface area contributed by atoms with Gasteiger partial charge in [0.1, 0.15) is 5.41 Å². The molecular formula is C14H22O6. The standard InChI is InChI=1S/C14H22O6/c1-3-16-11(15)13(12-19-10(2)20-12)4-6-14(7-5-13)17-8-9-18-14/h10,12H,3-9H2,1-2H3. The summed E-state index contributed by atoms with van der Waals surface area (Å²) in [7, 11) is 0. The van der Waals surface area contributed by atoms with Gasteiger partial charge in [0.2, 0.25) is 0 Å². The van der Waals surface area contributed by atoms with Crippen LogP contribution in [0.5, 0.6) is 0 Å². The van der Waals surface area contributed by atoms with E-state index in [0.717, 1.165) is 0 Å². The fourth-order valence-electron chi connectivity index (χ4n) is 3.29. The molecule has 0 atom stereocenters. The monoisotopic (exact) mass is 286 g/mol. The second kappa shape index (κ2) is 5.26. The number of ether oxygens (including phenoxy) is 5. The Morgan fingerprint density at radius 3 is 2.25 bits per heavy atom. The van der Waals surface area contributed by atoms with Gasteiger partial charge in [0.15, 0.2) is 18.4 Å². The van der Waals surface area contributed by atoms with Gasteiger partial charge in [0.05, 0.1) is 19.8 Å². The quantitative estimate of drug-likeness (QED) is 0.734. The highest BCUT2D eigenvalue weighted by Crippen LogP contribution is 2.50. The lowest BCUT2D eigenvalue weighted by atomic mass is 9.70.